The smallest absolute Gasteiger partial charge is 0.160 e. The summed E-state index contributed by atoms with van der Waals surface area (Å²) >= 11 is 0. The van der Waals surface area contributed by atoms with Crippen LogP contribution in [-0.4, -0.2) is 28.5 Å². The molecule has 2 unspecified atom stereocenters. The molecule has 0 aliphatic heterocycles. The van der Waals surface area contributed by atoms with Gasteiger partial charge in [-0.3, -0.25) is 0 Å². The fraction of sp³-hybridized carbons (Fsp3) is 0.364. The van der Waals surface area contributed by atoms with Crippen molar-refractivity contribution in [2.45, 2.75) is 18.6 Å². The molecule has 86 valence electrons. The molecule has 0 amide bonds. The summed E-state index contributed by atoms with van der Waals surface area (Å²) in [4.78, 5) is 0. The van der Waals surface area contributed by atoms with Crippen LogP contribution in [0.15, 0.2) is 18.2 Å². The number of benzene rings is 1. The van der Waals surface area contributed by atoms with E-state index in [0.717, 1.165) is 0 Å². The van der Waals surface area contributed by atoms with Crippen molar-refractivity contribution >= 4 is 0 Å². The number of nitriles is 1. The van der Waals surface area contributed by atoms with Gasteiger partial charge in [-0.2, -0.15) is 5.26 Å². The fourth-order valence-corrected chi connectivity index (χ4v) is 1.31. The average Bonchev–Trinajstić information content (AvgIpc) is 2.29. The van der Waals surface area contributed by atoms with E-state index in [0.29, 0.717) is 5.56 Å². The molecule has 0 saturated carbocycles. The molecule has 16 heavy (non-hydrogen) atoms. The Kier molecular flexibility index (Phi) is 4.11. The van der Waals surface area contributed by atoms with E-state index < -0.39 is 12.2 Å². The van der Waals surface area contributed by atoms with Gasteiger partial charge < -0.3 is 20.1 Å². The fourth-order valence-electron chi connectivity index (χ4n) is 1.31. The van der Waals surface area contributed by atoms with E-state index in [9.17, 15) is 15.3 Å². The molecule has 0 radical (unpaired) electrons. The predicted octanol–water partition coefficient (Wildman–Crippen LogP) is 0.709. The lowest BCUT2D eigenvalue weighted by Gasteiger charge is -2.16. The molecule has 0 aromatic heterocycles. The second-order valence-electron chi connectivity index (χ2n) is 3.31. The lowest BCUT2D eigenvalue weighted by molar-refractivity contribution is 0.0215. The van der Waals surface area contributed by atoms with Gasteiger partial charge in [-0.1, -0.05) is 6.07 Å². The molecule has 1 aromatic carbocycles. The summed E-state index contributed by atoms with van der Waals surface area (Å²) in [6, 6.07) is 6.00. The molecule has 0 fully saturated rings. The van der Waals surface area contributed by atoms with Crippen LogP contribution >= 0.6 is 0 Å². The molecular weight excluding hydrogens is 210 g/mol. The average molecular weight is 223 g/mol. The van der Waals surface area contributed by atoms with E-state index in [1.165, 1.54) is 25.3 Å². The van der Waals surface area contributed by atoms with Crippen LogP contribution in [0.25, 0.3) is 0 Å². The van der Waals surface area contributed by atoms with Crippen LogP contribution in [0.2, 0.25) is 0 Å². The molecule has 0 bridgehead atoms. The zero-order valence-electron chi connectivity index (χ0n) is 8.79. The highest BCUT2D eigenvalue weighted by molar-refractivity contribution is 5.42. The zero-order chi connectivity index (χ0) is 12.1. The van der Waals surface area contributed by atoms with E-state index in [2.05, 4.69) is 0 Å². The summed E-state index contributed by atoms with van der Waals surface area (Å²) in [7, 11) is 1.39. The molecule has 1 rings (SSSR count). The molecule has 0 heterocycles. The van der Waals surface area contributed by atoms with Crippen LogP contribution in [0.5, 0.6) is 11.5 Å². The number of aromatic hydroxyl groups is 1. The van der Waals surface area contributed by atoms with Gasteiger partial charge in [0.15, 0.2) is 11.5 Å². The highest BCUT2D eigenvalue weighted by Crippen LogP contribution is 2.30. The molecule has 0 aliphatic rings. The first-order valence-electron chi connectivity index (χ1n) is 4.70. The van der Waals surface area contributed by atoms with Crippen molar-refractivity contribution in [1.82, 2.24) is 0 Å². The number of ether oxygens (including phenoxy) is 1. The second-order valence-corrected chi connectivity index (χ2v) is 3.31. The largest absolute Gasteiger partial charge is 0.504 e. The van der Waals surface area contributed by atoms with Gasteiger partial charge in [0.25, 0.3) is 0 Å². The van der Waals surface area contributed by atoms with E-state index >= 15 is 0 Å². The molecule has 2 atom stereocenters. The number of phenols is 1. The molecule has 3 N–H and O–H groups in total. The lowest BCUT2D eigenvalue weighted by atomic mass is 10.0. The Morgan fingerprint density at radius 3 is 2.69 bits per heavy atom. The summed E-state index contributed by atoms with van der Waals surface area (Å²) in [5.41, 5.74) is 0.386. The summed E-state index contributed by atoms with van der Waals surface area (Å²) in [6.07, 6.45) is -2.49. The third-order valence-electron chi connectivity index (χ3n) is 2.21. The normalized spacial score (nSPS) is 13.9. The number of nitrogens with zero attached hydrogens (tertiary/aromatic N) is 1. The van der Waals surface area contributed by atoms with E-state index in [1.54, 1.807) is 6.07 Å². The maximum atomic E-state index is 9.69. The third kappa shape index (κ3) is 2.63. The van der Waals surface area contributed by atoms with Gasteiger partial charge in [-0.05, 0) is 17.7 Å². The molecule has 0 saturated heterocycles. The van der Waals surface area contributed by atoms with Crippen LogP contribution in [0.3, 0.4) is 0 Å². The number of rotatable bonds is 4. The highest BCUT2D eigenvalue weighted by Gasteiger charge is 2.19. The van der Waals surface area contributed by atoms with Crippen molar-refractivity contribution < 1.29 is 20.1 Å². The van der Waals surface area contributed by atoms with Gasteiger partial charge >= 0.3 is 0 Å². The van der Waals surface area contributed by atoms with Gasteiger partial charge in [-0.25, -0.2) is 0 Å². The monoisotopic (exact) mass is 223 g/mol. The van der Waals surface area contributed by atoms with Gasteiger partial charge in [0.1, 0.15) is 6.10 Å². The van der Waals surface area contributed by atoms with Crippen LogP contribution in [0.4, 0.5) is 0 Å². The quantitative estimate of drug-likeness (QED) is 0.698. The van der Waals surface area contributed by atoms with E-state index in [1.807, 2.05) is 0 Å². The lowest BCUT2D eigenvalue weighted by Crippen LogP contribution is -2.17. The molecule has 1 aromatic rings. The van der Waals surface area contributed by atoms with Crippen LogP contribution in [0, 0.1) is 11.3 Å². The molecular formula is C11H13NO4. The predicted molar refractivity (Wildman–Crippen MR) is 55.9 cm³/mol. The number of aliphatic hydroxyl groups is 2. The van der Waals surface area contributed by atoms with Crippen molar-refractivity contribution in [2.24, 2.45) is 0 Å². The number of aliphatic hydroxyl groups excluding tert-OH is 2. The number of phenolic OH excluding ortho intramolecular Hbond substituents is 1. The topological polar surface area (TPSA) is 93.7 Å². The summed E-state index contributed by atoms with van der Waals surface area (Å²) in [6.45, 7) is 0. The SMILES string of the molecule is COc1cc(C(O)C(O)CC#N)ccc1O. The first-order valence-corrected chi connectivity index (χ1v) is 4.70. The maximum Gasteiger partial charge on any atom is 0.160 e. The van der Waals surface area contributed by atoms with Crippen molar-refractivity contribution in [1.29, 1.82) is 5.26 Å². The Bertz CT molecular complexity index is 399. The van der Waals surface area contributed by atoms with Crippen molar-refractivity contribution in [3.8, 4) is 17.6 Å². The Balaban J connectivity index is 2.92. The first kappa shape index (κ1) is 12.3. The van der Waals surface area contributed by atoms with Crippen molar-refractivity contribution in [2.75, 3.05) is 7.11 Å². The van der Waals surface area contributed by atoms with E-state index in [4.69, 9.17) is 10.00 Å². The third-order valence-corrected chi connectivity index (χ3v) is 2.21. The minimum absolute atomic E-state index is 0.0479. The van der Waals surface area contributed by atoms with Gasteiger partial charge in [0, 0.05) is 0 Å². The zero-order valence-corrected chi connectivity index (χ0v) is 8.79. The van der Waals surface area contributed by atoms with Crippen LogP contribution < -0.4 is 4.74 Å². The summed E-state index contributed by atoms with van der Waals surface area (Å²) in [5.74, 6) is 0.161. The molecule has 0 aliphatic carbocycles. The highest BCUT2D eigenvalue weighted by atomic mass is 16.5. The van der Waals surface area contributed by atoms with Crippen LogP contribution in [0.1, 0.15) is 18.1 Å². The van der Waals surface area contributed by atoms with Crippen molar-refractivity contribution in [3.05, 3.63) is 23.8 Å². The molecule has 5 nitrogen and oxygen atoms in total. The van der Waals surface area contributed by atoms with E-state index in [-0.39, 0.29) is 17.9 Å². The van der Waals surface area contributed by atoms with Gasteiger partial charge in [0.05, 0.1) is 25.7 Å². The second kappa shape index (κ2) is 5.35. The Morgan fingerprint density at radius 2 is 2.12 bits per heavy atom. The summed E-state index contributed by atoms with van der Waals surface area (Å²) < 4.78 is 4.87. The van der Waals surface area contributed by atoms with Crippen LogP contribution in [-0.2, 0) is 0 Å². The minimum Gasteiger partial charge on any atom is -0.504 e. The summed E-state index contributed by atoms with van der Waals surface area (Å²) in [5, 5.41) is 36.8. The number of methoxy groups -OCH3 is 1. The first-order chi connectivity index (χ1) is 7.60. The van der Waals surface area contributed by atoms with Crippen molar-refractivity contribution in [3.63, 3.8) is 0 Å². The molecule has 0 spiro atoms. The minimum atomic E-state index is -1.17. The maximum absolute atomic E-state index is 9.69. The van der Waals surface area contributed by atoms with Gasteiger partial charge in [-0.15, -0.1) is 0 Å². The Morgan fingerprint density at radius 1 is 1.44 bits per heavy atom. The van der Waals surface area contributed by atoms with Gasteiger partial charge in [0.2, 0.25) is 0 Å². The number of hydrogen-bond acceptors (Lipinski definition) is 5. The Hall–Kier alpha value is -1.77. The molecule has 5 heteroatoms. The standard InChI is InChI=1S/C11H13NO4/c1-16-10-6-7(2-3-8(10)13)11(15)9(14)4-5-12/h2-3,6,9,11,13-15H,4H2,1H3. The number of hydrogen-bond donors (Lipinski definition) is 3. The Labute approximate surface area is 93.1 Å².